The normalized spacial score (nSPS) is 12.2. The van der Waals surface area contributed by atoms with Crippen LogP contribution in [0.3, 0.4) is 0 Å². The molecule has 0 N–H and O–H groups in total. The fraction of sp³-hybridized carbons (Fsp3) is 0.233. The highest BCUT2D eigenvalue weighted by molar-refractivity contribution is 6.06. The van der Waals surface area contributed by atoms with Crippen molar-refractivity contribution in [2.75, 3.05) is 0 Å². The van der Waals surface area contributed by atoms with E-state index < -0.39 is 0 Å². The number of fused-ring (bicyclic) bond motifs is 3. The van der Waals surface area contributed by atoms with Crippen molar-refractivity contribution < 1.29 is 9.30 Å². The predicted molar refractivity (Wildman–Crippen MR) is 138 cm³/mol. The average molecular weight is 447 g/mol. The summed E-state index contributed by atoms with van der Waals surface area (Å²) in [5, 5.41) is 3.57. The van der Waals surface area contributed by atoms with E-state index in [-0.39, 0.29) is 0 Å². The molecule has 1 aliphatic heterocycles. The van der Waals surface area contributed by atoms with E-state index >= 15 is 0 Å². The van der Waals surface area contributed by atoms with E-state index in [9.17, 15) is 0 Å². The van der Waals surface area contributed by atoms with Gasteiger partial charge in [0.1, 0.15) is 18.6 Å². The van der Waals surface area contributed by atoms with Gasteiger partial charge in [-0.25, -0.2) is 9.97 Å². The van der Waals surface area contributed by atoms with Crippen molar-refractivity contribution in [2.24, 2.45) is 7.05 Å². The second-order valence-electron chi connectivity index (χ2n) is 9.63. The summed E-state index contributed by atoms with van der Waals surface area (Å²) in [7, 11) is 2.15. The van der Waals surface area contributed by atoms with Gasteiger partial charge in [0.05, 0.1) is 10.9 Å². The van der Waals surface area contributed by atoms with Gasteiger partial charge in [0, 0.05) is 34.5 Å². The van der Waals surface area contributed by atoms with E-state index in [1.807, 2.05) is 6.92 Å². The molecule has 0 fully saturated rings. The summed E-state index contributed by atoms with van der Waals surface area (Å²) in [6.45, 7) is 12.6. The first-order chi connectivity index (χ1) is 16.2. The van der Waals surface area contributed by atoms with Gasteiger partial charge < -0.3 is 4.74 Å². The van der Waals surface area contributed by atoms with Gasteiger partial charge in [0.15, 0.2) is 5.75 Å². The maximum atomic E-state index is 6.63. The van der Waals surface area contributed by atoms with Crippen LogP contribution in [0.4, 0.5) is 0 Å². The first kappa shape index (κ1) is 20.8. The Morgan fingerprint density at radius 2 is 1.53 bits per heavy atom. The number of nitrogens with zero attached hydrogens (tertiary/aromatic N) is 3. The monoisotopic (exact) mass is 446 g/mol. The summed E-state index contributed by atoms with van der Waals surface area (Å²) in [5.41, 5.74) is 11.6. The van der Waals surface area contributed by atoms with E-state index in [0.717, 1.165) is 56.4 Å². The number of pyridine rings is 1. The largest absolute Gasteiger partial charge is 0.450 e. The molecule has 168 valence electrons. The molecule has 0 spiro atoms. The van der Waals surface area contributed by atoms with Crippen molar-refractivity contribution in [3.05, 3.63) is 76.4 Å². The van der Waals surface area contributed by atoms with Gasteiger partial charge >= 0.3 is 0 Å². The summed E-state index contributed by atoms with van der Waals surface area (Å²) in [4.78, 5) is 9.33. The molecule has 1 aliphatic rings. The first-order valence-corrected chi connectivity index (χ1v) is 11.8. The highest BCUT2D eigenvalue weighted by Crippen LogP contribution is 2.49. The number of hydrogen-bond acceptors (Lipinski definition) is 3. The molecule has 3 aromatic carbocycles. The fourth-order valence-electron chi connectivity index (χ4n) is 5.73. The fourth-order valence-corrected chi connectivity index (χ4v) is 5.73. The minimum atomic E-state index is 0.802. The molecule has 5 aromatic rings. The molecule has 4 nitrogen and oxygen atoms in total. The molecule has 0 aliphatic carbocycles. The Balaban J connectivity index is 1.74. The van der Waals surface area contributed by atoms with E-state index in [1.54, 1.807) is 0 Å². The Morgan fingerprint density at radius 1 is 0.794 bits per heavy atom. The number of aromatic nitrogens is 3. The highest BCUT2D eigenvalue weighted by Gasteiger charge is 2.32. The Kier molecular flexibility index (Phi) is 4.34. The molecule has 0 bridgehead atoms. The predicted octanol–water partition coefficient (Wildman–Crippen LogP) is 6.90. The van der Waals surface area contributed by atoms with E-state index in [1.165, 1.54) is 33.0 Å². The van der Waals surface area contributed by atoms with Crippen LogP contribution >= 0.6 is 0 Å². The number of benzene rings is 3. The van der Waals surface area contributed by atoms with Crippen LogP contribution in [0.2, 0.25) is 0 Å². The van der Waals surface area contributed by atoms with Crippen molar-refractivity contribution in [1.82, 2.24) is 9.97 Å². The molecule has 0 unspecified atom stereocenters. The zero-order valence-electron chi connectivity index (χ0n) is 20.8. The third-order valence-corrected chi connectivity index (χ3v) is 7.26. The molecule has 0 amide bonds. The van der Waals surface area contributed by atoms with Crippen LogP contribution in [0.5, 0.6) is 11.5 Å². The average Bonchev–Trinajstić information content (AvgIpc) is 2.76. The minimum Gasteiger partial charge on any atom is -0.450 e. The van der Waals surface area contributed by atoms with E-state index in [0.29, 0.717) is 0 Å². The summed E-state index contributed by atoms with van der Waals surface area (Å²) in [6, 6.07) is 15.4. The third-order valence-electron chi connectivity index (χ3n) is 7.26. The lowest BCUT2D eigenvalue weighted by Crippen LogP contribution is -2.33. The Morgan fingerprint density at radius 3 is 2.26 bits per heavy atom. The van der Waals surface area contributed by atoms with Crippen molar-refractivity contribution in [2.45, 2.75) is 41.5 Å². The topological polar surface area (TPSA) is 38.9 Å². The van der Waals surface area contributed by atoms with Gasteiger partial charge in [0.2, 0.25) is 5.52 Å². The summed E-state index contributed by atoms with van der Waals surface area (Å²) >= 11 is 0. The molecule has 34 heavy (non-hydrogen) atoms. The van der Waals surface area contributed by atoms with Gasteiger partial charge in [-0.3, -0.25) is 0 Å². The molecule has 3 heterocycles. The maximum Gasteiger partial charge on any atom is 0.256 e. The van der Waals surface area contributed by atoms with Crippen LogP contribution in [0.25, 0.3) is 44.1 Å². The second kappa shape index (κ2) is 7.10. The lowest BCUT2D eigenvalue weighted by molar-refractivity contribution is -0.633. The van der Waals surface area contributed by atoms with Gasteiger partial charge in [0.25, 0.3) is 5.69 Å². The molecule has 2 aromatic heterocycles. The summed E-state index contributed by atoms with van der Waals surface area (Å²) in [6.07, 6.45) is 0. The summed E-state index contributed by atoms with van der Waals surface area (Å²) < 4.78 is 8.92. The first-order valence-electron chi connectivity index (χ1n) is 11.8. The second-order valence-corrected chi connectivity index (χ2v) is 9.63. The Bertz CT molecular complexity index is 1680. The van der Waals surface area contributed by atoms with Crippen LogP contribution in [0, 0.1) is 41.5 Å². The molecule has 0 atom stereocenters. The minimum absolute atomic E-state index is 0.802. The quantitative estimate of drug-likeness (QED) is 0.258. The standard InChI is InChI=1S/C30H28N3O/c1-15-11-21-13-16(2)17(3)27-29(21)25(12-15)34-26-14-23-22(9-8-10-24(23)33(7)30(26)27)28-18(4)31-20(6)32-19(28)5/h8-14H,1-7H3/q+1. The molecule has 4 heteroatoms. The molecular formula is C30H28N3O+. The number of aryl methyl sites for hydroxylation is 6. The molecule has 6 rings (SSSR count). The van der Waals surface area contributed by atoms with E-state index in [2.05, 4.69) is 98.7 Å². The zero-order valence-corrected chi connectivity index (χ0v) is 20.8. The van der Waals surface area contributed by atoms with Gasteiger partial charge in [-0.1, -0.05) is 24.3 Å². The van der Waals surface area contributed by atoms with Crippen LogP contribution in [0.1, 0.15) is 33.9 Å². The third kappa shape index (κ3) is 2.81. The van der Waals surface area contributed by atoms with Gasteiger partial charge in [-0.05, 0) is 75.2 Å². The van der Waals surface area contributed by atoms with Crippen molar-refractivity contribution in [3.8, 4) is 33.9 Å². The van der Waals surface area contributed by atoms with Crippen LogP contribution in [0.15, 0.2) is 42.5 Å². The van der Waals surface area contributed by atoms with Gasteiger partial charge in [-0.15, -0.1) is 0 Å². The molecule has 0 radical (unpaired) electrons. The molecule has 0 saturated heterocycles. The zero-order chi connectivity index (χ0) is 23.9. The lowest BCUT2D eigenvalue weighted by Gasteiger charge is -2.23. The van der Waals surface area contributed by atoms with Crippen molar-refractivity contribution >= 4 is 21.7 Å². The molecule has 0 saturated carbocycles. The number of hydrogen-bond donors (Lipinski definition) is 0. The lowest BCUT2D eigenvalue weighted by atomic mass is 9.89. The van der Waals surface area contributed by atoms with Crippen LogP contribution < -0.4 is 9.30 Å². The SMILES string of the molecule is Cc1cc2c3c(c(C)c(C)cc3c1)-c1c(cc3c(-c4c(C)nc(C)nc4C)cccc3[n+]1C)O2. The van der Waals surface area contributed by atoms with Crippen LogP contribution in [-0.2, 0) is 7.05 Å². The Labute approximate surface area is 199 Å². The number of rotatable bonds is 1. The molecular weight excluding hydrogens is 418 g/mol. The van der Waals surface area contributed by atoms with E-state index in [4.69, 9.17) is 4.74 Å². The maximum absolute atomic E-state index is 6.63. The Hall–Kier alpha value is -3.79. The number of ether oxygens (including phenoxy) is 1. The smallest absolute Gasteiger partial charge is 0.256 e. The van der Waals surface area contributed by atoms with Crippen molar-refractivity contribution in [3.63, 3.8) is 0 Å². The van der Waals surface area contributed by atoms with Crippen molar-refractivity contribution in [1.29, 1.82) is 0 Å². The highest BCUT2D eigenvalue weighted by atomic mass is 16.5. The van der Waals surface area contributed by atoms with Crippen LogP contribution in [-0.4, -0.2) is 9.97 Å². The summed E-state index contributed by atoms with van der Waals surface area (Å²) in [5.74, 6) is 2.62. The van der Waals surface area contributed by atoms with Gasteiger partial charge in [-0.2, -0.15) is 4.57 Å².